The molecular weight excluding hydrogens is 336 g/mol. The molecule has 9 nitrogen and oxygen atoms in total. The number of hydrogen-bond donors (Lipinski definition) is 1. The number of rotatable bonds is 4. The molecule has 0 bridgehead atoms. The quantitative estimate of drug-likeness (QED) is 0.697. The standard InChI is InChI=1S/C17H20N6O3/c1-17(2,3)15(25)26-10-23-13-12(20-21-23)14(24)22(16(18)19-13)9-11-7-5-4-6-8-11/h4-8H,9-10H2,1-3H3,(H2,18,19). The Balaban J connectivity index is 1.92. The van der Waals surface area contributed by atoms with Crippen molar-refractivity contribution in [3.05, 3.63) is 46.2 Å². The molecule has 1 aromatic carbocycles. The highest BCUT2D eigenvalue weighted by atomic mass is 16.5. The molecule has 2 aromatic heterocycles. The molecule has 2 heterocycles. The second-order valence-corrected chi connectivity index (χ2v) is 6.92. The van der Waals surface area contributed by atoms with Crippen molar-refractivity contribution in [1.29, 1.82) is 0 Å². The number of carbonyl (C=O) groups is 1. The van der Waals surface area contributed by atoms with Crippen LogP contribution in [0.4, 0.5) is 5.95 Å². The Morgan fingerprint density at radius 1 is 1.23 bits per heavy atom. The summed E-state index contributed by atoms with van der Waals surface area (Å²) in [5.74, 6) is -0.358. The average Bonchev–Trinajstić information content (AvgIpc) is 2.99. The molecule has 0 unspecified atom stereocenters. The van der Waals surface area contributed by atoms with E-state index in [4.69, 9.17) is 10.5 Å². The van der Waals surface area contributed by atoms with Crippen LogP contribution >= 0.6 is 0 Å². The molecule has 0 saturated carbocycles. The molecule has 0 saturated heterocycles. The van der Waals surface area contributed by atoms with Crippen LogP contribution in [-0.2, 0) is 22.8 Å². The van der Waals surface area contributed by atoms with Crippen LogP contribution in [-0.4, -0.2) is 30.5 Å². The molecule has 26 heavy (non-hydrogen) atoms. The lowest BCUT2D eigenvalue weighted by atomic mass is 9.98. The number of nitrogen functional groups attached to an aromatic ring is 1. The van der Waals surface area contributed by atoms with E-state index in [1.165, 1.54) is 9.25 Å². The van der Waals surface area contributed by atoms with Crippen molar-refractivity contribution < 1.29 is 9.53 Å². The molecule has 0 aliphatic carbocycles. The van der Waals surface area contributed by atoms with Crippen LogP contribution in [0, 0.1) is 5.41 Å². The Hall–Kier alpha value is -3.23. The molecule has 0 spiro atoms. The molecule has 136 valence electrons. The highest BCUT2D eigenvalue weighted by Gasteiger charge is 2.24. The summed E-state index contributed by atoms with van der Waals surface area (Å²) in [6.45, 7) is 5.31. The van der Waals surface area contributed by atoms with Gasteiger partial charge in [-0.25, -0.2) is 0 Å². The van der Waals surface area contributed by atoms with Crippen LogP contribution in [0.3, 0.4) is 0 Å². The third-order valence-electron chi connectivity index (χ3n) is 3.77. The van der Waals surface area contributed by atoms with Gasteiger partial charge >= 0.3 is 5.97 Å². The van der Waals surface area contributed by atoms with E-state index in [1.807, 2.05) is 30.3 Å². The van der Waals surface area contributed by atoms with E-state index < -0.39 is 16.9 Å². The molecule has 0 radical (unpaired) electrons. The van der Waals surface area contributed by atoms with Gasteiger partial charge in [0.25, 0.3) is 5.56 Å². The maximum atomic E-state index is 12.7. The fourth-order valence-corrected chi connectivity index (χ4v) is 2.30. The first-order valence-electron chi connectivity index (χ1n) is 8.08. The first-order chi connectivity index (χ1) is 12.3. The monoisotopic (exact) mass is 356 g/mol. The van der Waals surface area contributed by atoms with Crippen LogP contribution in [0.15, 0.2) is 35.1 Å². The van der Waals surface area contributed by atoms with E-state index in [1.54, 1.807) is 20.8 Å². The molecule has 3 rings (SSSR count). The molecule has 0 aliphatic heterocycles. The maximum absolute atomic E-state index is 12.7. The molecule has 0 amide bonds. The van der Waals surface area contributed by atoms with E-state index in [-0.39, 0.29) is 30.4 Å². The van der Waals surface area contributed by atoms with Gasteiger partial charge in [0, 0.05) is 0 Å². The highest BCUT2D eigenvalue weighted by Crippen LogP contribution is 2.16. The van der Waals surface area contributed by atoms with Gasteiger partial charge in [0.1, 0.15) is 0 Å². The van der Waals surface area contributed by atoms with Gasteiger partial charge < -0.3 is 10.5 Å². The van der Waals surface area contributed by atoms with Crippen molar-refractivity contribution in [3.8, 4) is 0 Å². The number of nitrogens with two attached hydrogens (primary N) is 1. The number of fused-ring (bicyclic) bond motifs is 1. The number of hydrogen-bond acceptors (Lipinski definition) is 7. The summed E-state index contributed by atoms with van der Waals surface area (Å²) in [6, 6.07) is 9.42. The second kappa shape index (κ2) is 6.58. The fourth-order valence-electron chi connectivity index (χ4n) is 2.30. The van der Waals surface area contributed by atoms with E-state index in [0.717, 1.165) is 5.56 Å². The molecule has 9 heteroatoms. The van der Waals surface area contributed by atoms with Gasteiger partial charge in [-0.1, -0.05) is 35.5 Å². The summed E-state index contributed by atoms with van der Waals surface area (Å²) in [5.41, 5.74) is 6.08. The SMILES string of the molecule is CC(C)(C)C(=O)OCn1nnc2c(=O)n(Cc3ccccc3)c(N)nc21. The number of esters is 1. The summed E-state index contributed by atoms with van der Waals surface area (Å²) in [4.78, 5) is 28.8. The largest absolute Gasteiger partial charge is 0.442 e. The molecule has 0 aliphatic rings. The van der Waals surface area contributed by atoms with Gasteiger partial charge in [0.2, 0.25) is 5.95 Å². The topological polar surface area (TPSA) is 118 Å². The van der Waals surface area contributed by atoms with E-state index in [9.17, 15) is 9.59 Å². The lowest BCUT2D eigenvalue weighted by Crippen LogP contribution is -2.26. The molecule has 0 atom stereocenters. The Morgan fingerprint density at radius 3 is 2.58 bits per heavy atom. The van der Waals surface area contributed by atoms with Crippen LogP contribution in [0.5, 0.6) is 0 Å². The summed E-state index contributed by atoms with van der Waals surface area (Å²) < 4.78 is 7.77. The first-order valence-corrected chi connectivity index (χ1v) is 8.08. The second-order valence-electron chi connectivity index (χ2n) is 6.92. The number of benzene rings is 1. The molecule has 3 aromatic rings. The van der Waals surface area contributed by atoms with Crippen LogP contribution in [0.1, 0.15) is 26.3 Å². The highest BCUT2D eigenvalue weighted by molar-refractivity contribution is 5.75. The number of nitrogens with zero attached hydrogens (tertiary/aromatic N) is 5. The van der Waals surface area contributed by atoms with Crippen molar-refractivity contribution in [2.45, 2.75) is 34.0 Å². The van der Waals surface area contributed by atoms with Crippen molar-refractivity contribution in [3.63, 3.8) is 0 Å². The zero-order chi connectivity index (χ0) is 18.9. The summed E-state index contributed by atoms with van der Waals surface area (Å²) in [6.07, 6.45) is 0. The van der Waals surface area contributed by atoms with Crippen molar-refractivity contribution in [2.75, 3.05) is 5.73 Å². The van der Waals surface area contributed by atoms with Gasteiger partial charge in [0.15, 0.2) is 17.9 Å². The Kier molecular flexibility index (Phi) is 4.45. The lowest BCUT2D eigenvalue weighted by molar-refractivity contribution is -0.157. The minimum absolute atomic E-state index is 0.0389. The minimum Gasteiger partial charge on any atom is -0.442 e. The third-order valence-corrected chi connectivity index (χ3v) is 3.77. The van der Waals surface area contributed by atoms with Crippen molar-refractivity contribution >= 4 is 23.1 Å². The first kappa shape index (κ1) is 17.6. The smallest absolute Gasteiger partial charge is 0.313 e. The molecule has 2 N–H and O–H groups in total. The van der Waals surface area contributed by atoms with Crippen molar-refractivity contribution in [2.24, 2.45) is 5.41 Å². The minimum atomic E-state index is -0.648. The van der Waals surface area contributed by atoms with E-state index in [0.29, 0.717) is 0 Å². The maximum Gasteiger partial charge on any atom is 0.313 e. The predicted molar refractivity (Wildman–Crippen MR) is 95.1 cm³/mol. The Bertz CT molecular complexity index is 1000. The number of ether oxygens (including phenoxy) is 1. The Morgan fingerprint density at radius 2 is 1.92 bits per heavy atom. The van der Waals surface area contributed by atoms with E-state index >= 15 is 0 Å². The molecular formula is C17H20N6O3. The average molecular weight is 356 g/mol. The summed E-state index contributed by atoms with van der Waals surface area (Å²) in [7, 11) is 0. The van der Waals surface area contributed by atoms with Gasteiger partial charge in [-0.3, -0.25) is 14.2 Å². The van der Waals surface area contributed by atoms with Crippen LogP contribution in [0.2, 0.25) is 0 Å². The zero-order valence-electron chi connectivity index (χ0n) is 14.8. The lowest BCUT2D eigenvalue weighted by Gasteiger charge is -2.16. The van der Waals surface area contributed by atoms with Gasteiger partial charge in [-0.05, 0) is 26.3 Å². The van der Waals surface area contributed by atoms with Crippen LogP contribution < -0.4 is 11.3 Å². The predicted octanol–water partition coefficient (Wildman–Crippen LogP) is 1.17. The zero-order valence-corrected chi connectivity index (χ0v) is 14.8. The number of aromatic nitrogens is 5. The summed E-state index contributed by atoms with van der Waals surface area (Å²) in [5, 5.41) is 7.73. The summed E-state index contributed by atoms with van der Waals surface area (Å²) >= 11 is 0. The number of carbonyl (C=O) groups excluding carboxylic acids is 1. The van der Waals surface area contributed by atoms with Gasteiger partial charge in [0.05, 0.1) is 12.0 Å². The van der Waals surface area contributed by atoms with Crippen molar-refractivity contribution in [1.82, 2.24) is 24.5 Å². The Labute approximate surface area is 149 Å². The molecule has 0 fully saturated rings. The van der Waals surface area contributed by atoms with Gasteiger partial charge in [-0.15, -0.1) is 5.10 Å². The van der Waals surface area contributed by atoms with Crippen LogP contribution in [0.25, 0.3) is 11.2 Å². The van der Waals surface area contributed by atoms with E-state index in [2.05, 4.69) is 15.3 Å². The number of anilines is 1. The third kappa shape index (κ3) is 3.41. The van der Waals surface area contributed by atoms with Gasteiger partial charge in [-0.2, -0.15) is 9.67 Å². The fraction of sp³-hybridized carbons (Fsp3) is 0.353. The normalized spacial score (nSPS) is 11.7.